The molecule has 122 valence electrons. The van der Waals surface area contributed by atoms with Crippen LogP contribution in [0.25, 0.3) is 0 Å². The summed E-state index contributed by atoms with van der Waals surface area (Å²) in [7, 11) is 0. The van der Waals surface area contributed by atoms with E-state index in [9.17, 15) is 9.00 Å². The van der Waals surface area contributed by atoms with Gasteiger partial charge in [0.25, 0.3) is 11.3 Å². The van der Waals surface area contributed by atoms with Crippen LogP contribution in [0.4, 0.5) is 5.69 Å². The van der Waals surface area contributed by atoms with Crippen LogP contribution in [0.3, 0.4) is 0 Å². The molecular formula is C15H22N2O4S. The van der Waals surface area contributed by atoms with Gasteiger partial charge in [-0.3, -0.25) is 19.0 Å². The molecule has 1 atom stereocenters. The number of hydrogen-bond acceptors (Lipinski definition) is 3. The van der Waals surface area contributed by atoms with E-state index in [4.69, 9.17) is 9.66 Å². The largest absolute Gasteiger partial charge is 0.480 e. The fourth-order valence-corrected chi connectivity index (χ4v) is 3.29. The highest BCUT2D eigenvalue weighted by Crippen LogP contribution is 2.24. The van der Waals surface area contributed by atoms with E-state index in [1.165, 1.54) is 6.42 Å². The van der Waals surface area contributed by atoms with Gasteiger partial charge in [0, 0.05) is 18.3 Å². The maximum atomic E-state index is 11.1. The summed E-state index contributed by atoms with van der Waals surface area (Å²) in [6.07, 6.45) is 5.65. The van der Waals surface area contributed by atoms with Crippen molar-refractivity contribution in [3.8, 4) is 0 Å². The quantitative estimate of drug-likeness (QED) is 0.670. The van der Waals surface area contributed by atoms with Gasteiger partial charge in [-0.15, -0.1) is 0 Å². The number of carboxylic acids is 1. The Morgan fingerprint density at radius 1 is 1.23 bits per heavy atom. The summed E-state index contributed by atoms with van der Waals surface area (Å²) in [6, 6.07) is 7.49. The topological polar surface area (TPSA) is 89.9 Å². The molecule has 1 aliphatic carbocycles. The highest BCUT2D eigenvalue weighted by molar-refractivity contribution is 7.80. The maximum Gasteiger partial charge on any atom is 0.317 e. The predicted octanol–water partition coefficient (Wildman–Crippen LogP) is 2.45. The lowest BCUT2D eigenvalue weighted by atomic mass is 9.94. The summed E-state index contributed by atoms with van der Waals surface area (Å²) in [5, 5.41) is 9.12. The Kier molecular flexibility index (Phi) is 6.35. The number of benzene rings is 1. The van der Waals surface area contributed by atoms with Crippen molar-refractivity contribution in [1.82, 2.24) is 4.90 Å². The molecule has 1 saturated carbocycles. The molecule has 0 radical (unpaired) electrons. The average Bonchev–Trinajstić information content (AvgIpc) is 2.48. The minimum absolute atomic E-state index is 0.0469. The predicted molar refractivity (Wildman–Crippen MR) is 85.8 cm³/mol. The molecule has 1 aliphatic rings. The summed E-state index contributed by atoms with van der Waals surface area (Å²) in [6.45, 7) is 0.630. The third-order valence-electron chi connectivity index (χ3n) is 3.97. The van der Waals surface area contributed by atoms with Crippen LogP contribution in [0.5, 0.6) is 0 Å². The number of carbonyl (C=O) groups is 1. The third-order valence-corrected chi connectivity index (χ3v) is 4.38. The van der Waals surface area contributed by atoms with Gasteiger partial charge in [0.05, 0.1) is 6.54 Å². The van der Waals surface area contributed by atoms with Crippen LogP contribution in [0.15, 0.2) is 24.3 Å². The number of rotatable bonds is 7. The number of anilines is 1. The van der Waals surface area contributed by atoms with E-state index in [1.54, 1.807) is 12.1 Å². The van der Waals surface area contributed by atoms with Crippen molar-refractivity contribution in [3.63, 3.8) is 0 Å². The fourth-order valence-electron chi connectivity index (χ4n) is 2.95. The Balaban J connectivity index is 2.02. The minimum Gasteiger partial charge on any atom is -0.480 e. The maximum absolute atomic E-state index is 11.1. The lowest BCUT2D eigenvalue weighted by molar-refractivity contribution is -0.139. The van der Waals surface area contributed by atoms with Gasteiger partial charge in [-0.2, -0.15) is 0 Å². The second-order valence-corrected chi connectivity index (χ2v) is 6.34. The molecule has 0 saturated heterocycles. The molecule has 0 heterocycles. The smallest absolute Gasteiger partial charge is 0.317 e. The van der Waals surface area contributed by atoms with Gasteiger partial charge in [-0.25, -0.2) is 4.21 Å². The van der Waals surface area contributed by atoms with E-state index in [-0.39, 0.29) is 6.54 Å². The lowest BCUT2D eigenvalue weighted by Crippen LogP contribution is -2.39. The highest BCUT2D eigenvalue weighted by Gasteiger charge is 2.23. The highest BCUT2D eigenvalue weighted by atomic mass is 32.2. The summed E-state index contributed by atoms with van der Waals surface area (Å²) < 4.78 is 21.9. The van der Waals surface area contributed by atoms with Crippen molar-refractivity contribution < 1.29 is 18.7 Å². The first-order valence-corrected chi connectivity index (χ1v) is 8.57. The number of hydrogen-bond donors (Lipinski definition) is 3. The molecule has 0 bridgehead atoms. The Morgan fingerprint density at radius 3 is 2.41 bits per heavy atom. The molecule has 3 N–H and O–H groups in total. The van der Waals surface area contributed by atoms with Crippen molar-refractivity contribution in [2.45, 2.75) is 44.7 Å². The first kappa shape index (κ1) is 16.9. The normalized spacial score (nSPS) is 17.4. The Hall–Kier alpha value is -1.44. The Labute approximate surface area is 132 Å². The molecule has 7 heteroatoms. The molecule has 0 aliphatic heterocycles. The van der Waals surface area contributed by atoms with Crippen molar-refractivity contribution in [2.75, 3.05) is 11.3 Å². The molecular weight excluding hydrogens is 304 g/mol. The second-order valence-electron chi connectivity index (χ2n) is 5.64. The Bertz CT molecular complexity index is 515. The summed E-state index contributed by atoms with van der Waals surface area (Å²) in [5.41, 5.74) is 1.56. The minimum atomic E-state index is -2.08. The molecule has 1 aromatic rings. The van der Waals surface area contributed by atoms with Gasteiger partial charge < -0.3 is 5.11 Å². The molecule has 0 amide bonds. The van der Waals surface area contributed by atoms with Gasteiger partial charge in [-0.1, -0.05) is 31.4 Å². The van der Waals surface area contributed by atoms with E-state index >= 15 is 0 Å². The van der Waals surface area contributed by atoms with Gasteiger partial charge >= 0.3 is 5.97 Å². The van der Waals surface area contributed by atoms with E-state index < -0.39 is 17.2 Å². The van der Waals surface area contributed by atoms with E-state index in [0.29, 0.717) is 18.3 Å². The average molecular weight is 326 g/mol. The zero-order valence-electron chi connectivity index (χ0n) is 12.4. The Morgan fingerprint density at radius 2 is 1.86 bits per heavy atom. The zero-order valence-corrected chi connectivity index (χ0v) is 13.2. The summed E-state index contributed by atoms with van der Waals surface area (Å²) >= 11 is -2.08. The van der Waals surface area contributed by atoms with Gasteiger partial charge in [0.15, 0.2) is 0 Å². The van der Waals surface area contributed by atoms with Gasteiger partial charge in [0.2, 0.25) is 0 Å². The van der Waals surface area contributed by atoms with E-state index in [2.05, 4.69) is 4.72 Å². The zero-order chi connectivity index (χ0) is 15.9. The third kappa shape index (κ3) is 5.40. The number of aliphatic carboxylic acids is 1. The van der Waals surface area contributed by atoms with Crippen molar-refractivity contribution in [2.24, 2.45) is 0 Å². The molecule has 6 nitrogen and oxygen atoms in total. The lowest BCUT2D eigenvalue weighted by Gasteiger charge is -2.33. The number of carboxylic acid groups (broad SMARTS) is 1. The summed E-state index contributed by atoms with van der Waals surface area (Å²) in [4.78, 5) is 13.1. The molecule has 1 fully saturated rings. The first-order chi connectivity index (χ1) is 10.5. The van der Waals surface area contributed by atoms with Crippen molar-refractivity contribution >= 4 is 22.9 Å². The van der Waals surface area contributed by atoms with E-state index in [0.717, 1.165) is 31.2 Å². The van der Waals surface area contributed by atoms with Crippen molar-refractivity contribution in [1.29, 1.82) is 0 Å². The monoisotopic (exact) mass is 326 g/mol. The van der Waals surface area contributed by atoms with Crippen LogP contribution < -0.4 is 4.72 Å². The van der Waals surface area contributed by atoms with Crippen LogP contribution in [-0.2, 0) is 22.6 Å². The first-order valence-electron chi connectivity index (χ1n) is 7.47. The molecule has 22 heavy (non-hydrogen) atoms. The fraction of sp³-hybridized carbons (Fsp3) is 0.533. The van der Waals surface area contributed by atoms with Crippen LogP contribution in [0, 0.1) is 0 Å². The number of nitrogens with zero attached hydrogens (tertiary/aromatic N) is 1. The summed E-state index contributed by atoms with van der Waals surface area (Å²) in [5.74, 6) is -0.806. The molecule has 0 spiro atoms. The van der Waals surface area contributed by atoms with Crippen LogP contribution >= 0.6 is 0 Å². The standard InChI is InChI=1S/C15H22N2O4S/c18-15(19)11-17(14-4-2-1-3-5-14)10-12-6-8-13(9-7-12)16-22(20)21/h6-9,14,16H,1-5,10-11H2,(H,18,19)(H,20,21). The molecule has 1 unspecified atom stereocenters. The van der Waals surface area contributed by atoms with Crippen LogP contribution in [-0.4, -0.2) is 37.3 Å². The number of nitrogens with one attached hydrogen (secondary N) is 1. The van der Waals surface area contributed by atoms with Gasteiger partial charge in [-0.05, 0) is 30.5 Å². The molecule has 1 aromatic carbocycles. The van der Waals surface area contributed by atoms with Crippen molar-refractivity contribution in [3.05, 3.63) is 29.8 Å². The second kappa shape index (κ2) is 8.26. The molecule has 0 aromatic heterocycles. The van der Waals surface area contributed by atoms with E-state index in [1.807, 2.05) is 17.0 Å². The molecule has 2 rings (SSSR count). The SMILES string of the molecule is O=C(O)CN(Cc1ccc(NS(=O)O)cc1)C1CCCCC1. The van der Waals surface area contributed by atoms with Crippen LogP contribution in [0.1, 0.15) is 37.7 Å². The van der Waals surface area contributed by atoms with Crippen LogP contribution in [0.2, 0.25) is 0 Å². The van der Waals surface area contributed by atoms with Gasteiger partial charge in [0.1, 0.15) is 0 Å².